The molecule has 0 bridgehead atoms. The Kier molecular flexibility index (Phi) is 5.51. The summed E-state index contributed by atoms with van der Waals surface area (Å²) in [7, 11) is 0. The Morgan fingerprint density at radius 2 is 1.87 bits per heavy atom. The molecule has 2 rings (SSSR count). The standard InChI is InChI=1S/C17H18F2N2O2/c1-11-7-8-13(12(2)9-11)21-16(22)10-20-14-5-3-4-6-15(14)23-17(18)19/h3-9,17,20H,10H2,1-2H3,(H,21,22). The van der Waals surface area contributed by atoms with Crippen LogP contribution in [0, 0.1) is 13.8 Å². The van der Waals surface area contributed by atoms with Gasteiger partial charge in [0.25, 0.3) is 0 Å². The maximum Gasteiger partial charge on any atom is 0.387 e. The number of carbonyl (C=O) groups excluding carboxylic acids is 1. The van der Waals surface area contributed by atoms with Gasteiger partial charge in [0.05, 0.1) is 12.2 Å². The summed E-state index contributed by atoms with van der Waals surface area (Å²) in [5, 5.41) is 5.58. The Balaban J connectivity index is 1.97. The second-order valence-electron chi connectivity index (χ2n) is 5.09. The number of aryl methyl sites for hydroxylation is 2. The lowest BCUT2D eigenvalue weighted by molar-refractivity contribution is -0.114. The van der Waals surface area contributed by atoms with Crippen molar-refractivity contribution in [3.63, 3.8) is 0 Å². The first-order valence-electron chi connectivity index (χ1n) is 7.10. The van der Waals surface area contributed by atoms with Gasteiger partial charge in [-0.3, -0.25) is 4.79 Å². The summed E-state index contributed by atoms with van der Waals surface area (Å²) in [6.07, 6.45) is 0. The van der Waals surface area contributed by atoms with Gasteiger partial charge in [0.2, 0.25) is 5.91 Å². The molecule has 0 saturated carbocycles. The van der Waals surface area contributed by atoms with Crippen molar-refractivity contribution in [3.8, 4) is 5.75 Å². The van der Waals surface area contributed by atoms with Crippen LogP contribution < -0.4 is 15.4 Å². The van der Waals surface area contributed by atoms with Gasteiger partial charge in [0.1, 0.15) is 5.75 Å². The molecule has 0 heterocycles. The fourth-order valence-electron chi connectivity index (χ4n) is 2.14. The van der Waals surface area contributed by atoms with Gasteiger partial charge in [-0.15, -0.1) is 0 Å². The summed E-state index contributed by atoms with van der Waals surface area (Å²) in [6.45, 7) is 0.903. The highest BCUT2D eigenvalue weighted by molar-refractivity contribution is 5.94. The fourth-order valence-corrected chi connectivity index (χ4v) is 2.14. The van der Waals surface area contributed by atoms with Crippen LogP contribution in [0.1, 0.15) is 11.1 Å². The molecule has 0 aliphatic rings. The van der Waals surface area contributed by atoms with E-state index in [2.05, 4.69) is 15.4 Å². The Hall–Kier alpha value is -2.63. The molecule has 0 atom stereocenters. The van der Waals surface area contributed by atoms with Crippen molar-refractivity contribution >= 4 is 17.3 Å². The molecule has 0 aliphatic heterocycles. The quantitative estimate of drug-likeness (QED) is 0.847. The molecule has 0 spiro atoms. The van der Waals surface area contributed by atoms with Crippen LogP contribution in [0.2, 0.25) is 0 Å². The Morgan fingerprint density at radius 3 is 2.57 bits per heavy atom. The highest BCUT2D eigenvalue weighted by atomic mass is 19.3. The van der Waals surface area contributed by atoms with Crippen molar-refractivity contribution in [1.82, 2.24) is 0 Å². The summed E-state index contributed by atoms with van der Waals surface area (Å²) in [4.78, 5) is 12.0. The van der Waals surface area contributed by atoms with E-state index in [4.69, 9.17) is 0 Å². The molecule has 2 aromatic carbocycles. The van der Waals surface area contributed by atoms with E-state index < -0.39 is 6.61 Å². The van der Waals surface area contributed by atoms with Gasteiger partial charge in [-0.25, -0.2) is 0 Å². The summed E-state index contributed by atoms with van der Waals surface area (Å²) in [5.41, 5.74) is 3.12. The third-order valence-corrected chi connectivity index (χ3v) is 3.20. The molecule has 23 heavy (non-hydrogen) atoms. The van der Waals surface area contributed by atoms with Gasteiger partial charge in [0, 0.05) is 5.69 Å². The van der Waals surface area contributed by atoms with Crippen LogP contribution in [-0.4, -0.2) is 19.1 Å². The van der Waals surface area contributed by atoms with E-state index >= 15 is 0 Å². The molecule has 0 saturated heterocycles. The van der Waals surface area contributed by atoms with Gasteiger partial charge in [0.15, 0.2) is 0 Å². The summed E-state index contributed by atoms with van der Waals surface area (Å²) >= 11 is 0. The van der Waals surface area contributed by atoms with Crippen molar-refractivity contribution in [3.05, 3.63) is 53.6 Å². The number of rotatable bonds is 6. The zero-order valence-electron chi connectivity index (χ0n) is 12.9. The first kappa shape index (κ1) is 16.7. The van der Waals surface area contributed by atoms with Crippen LogP contribution in [0.3, 0.4) is 0 Å². The second kappa shape index (κ2) is 7.58. The number of nitrogens with one attached hydrogen (secondary N) is 2. The first-order chi connectivity index (χ1) is 11.0. The van der Waals surface area contributed by atoms with Crippen molar-refractivity contribution in [2.45, 2.75) is 20.5 Å². The average Bonchev–Trinajstić information content (AvgIpc) is 2.49. The normalized spacial score (nSPS) is 10.5. The highest BCUT2D eigenvalue weighted by Crippen LogP contribution is 2.25. The number of alkyl halides is 2. The molecule has 0 fully saturated rings. The molecular formula is C17H18F2N2O2. The predicted octanol–water partition coefficient (Wildman–Crippen LogP) is 3.96. The van der Waals surface area contributed by atoms with Gasteiger partial charge in [-0.1, -0.05) is 29.8 Å². The minimum absolute atomic E-state index is 0.00168. The number of anilines is 2. The number of hydrogen-bond acceptors (Lipinski definition) is 3. The minimum Gasteiger partial charge on any atom is -0.433 e. The second-order valence-corrected chi connectivity index (χ2v) is 5.09. The minimum atomic E-state index is -2.91. The van der Waals surface area contributed by atoms with Crippen LogP contribution in [0.4, 0.5) is 20.2 Å². The zero-order valence-corrected chi connectivity index (χ0v) is 12.9. The van der Waals surface area contributed by atoms with E-state index in [-0.39, 0.29) is 18.2 Å². The summed E-state index contributed by atoms with van der Waals surface area (Å²) < 4.78 is 29.1. The molecular weight excluding hydrogens is 302 g/mol. The van der Waals surface area contributed by atoms with Crippen LogP contribution >= 0.6 is 0 Å². The van der Waals surface area contributed by atoms with Crippen molar-refractivity contribution in [1.29, 1.82) is 0 Å². The lowest BCUT2D eigenvalue weighted by atomic mass is 10.1. The van der Waals surface area contributed by atoms with Gasteiger partial charge in [-0.2, -0.15) is 8.78 Å². The molecule has 1 amide bonds. The average molecular weight is 320 g/mol. The van der Waals surface area contributed by atoms with E-state index in [9.17, 15) is 13.6 Å². The number of ether oxygens (including phenoxy) is 1. The molecule has 4 nitrogen and oxygen atoms in total. The van der Waals surface area contributed by atoms with Crippen molar-refractivity contribution in [2.75, 3.05) is 17.2 Å². The fraction of sp³-hybridized carbons (Fsp3) is 0.235. The Morgan fingerprint density at radius 1 is 1.13 bits per heavy atom. The molecule has 0 aromatic heterocycles. The summed E-state index contributed by atoms with van der Waals surface area (Å²) in [5.74, 6) is -0.273. The van der Waals surface area contributed by atoms with Crippen LogP contribution in [0.5, 0.6) is 5.75 Å². The van der Waals surface area contributed by atoms with E-state index in [0.717, 1.165) is 16.8 Å². The van der Waals surface area contributed by atoms with Crippen molar-refractivity contribution < 1.29 is 18.3 Å². The molecule has 2 N–H and O–H groups in total. The molecule has 122 valence electrons. The monoisotopic (exact) mass is 320 g/mol. The SMILES string of the molecule is Cc1ccc(NC(=O)CNc2ccccc2OC(F)F)c(C)c1. The highest BCUT2D eigenvalue weighted by Gasteiger charge is 2.10. The number of benzene rings is 2. The van der Waals surface area contributed by atoms with E-state index in [0.29, 0.717) is 5.69 Å². The molecule has 0 aliphatic carbocycles. The maximum atomic E-state index is 12.3. The Bertz CT molecular complexity index is 690. The van der Waals surface area contributed by atoms with Gasteiger partial charge in [-0.05, 0) is 37.6 Å². The first-order valence-corrected chi connectivity index (χ1v) is 7.10. The lowest BCUT2D eigenvalue weighted by Crippen LogP contribution is -2.22. The maximum absolute atomic E-state index is 12.3. The summed E-state index contributed by atoms with van der Waals surface area (Å²) in [6, 6.07) is 11.9. The van der Waals surface area contributed by atoms with Gasteiger partial charge >= 0.3 is 6.61 Å². The molecule has 0 unspecified atom stereocenters. The zero-order chi connectivity index (χ0) is 16.8. The van der Waals surface area contributed by atoms with Crippen molar-refractivity contribution in [2.24, 2.45) is 0 Å². The Labute approximate surface area is 133 Å². The van der Waals surface area contributed by atoms with E-state index in [1.165, 1.54) is 6.07 Å². The lowest BCUT2D eigenvalue weighted by Gasteiger charge is -2.13. The smallest absolute Gasteiger partial charge is 0.387 e. The number of halogens is 2. The number of para-hydroxylation sites is 2. The van der Waals surface area contributed by atoms with Gasteiger partial charge < -0.3 is 15.4 Å². The number of amides is 1. The predicted molar refractivity (Wildman–Crippen MR) is 86.1 cm³/mol. The van der Waals surface area contributed by atoms with Crippen LogP contribution in [0.25, 0.3) is 0 Å². The molecule has 6 heteroatoms. The number of carbonyl (C=O) groups is 1. The van der Waals surface area contributed by atoms with Crippen LogP contribution in [0.15, 0.2) is 42.5 Å². The van der Waals surface area contributed by atoms with E-state index in [1.807, 2.05) is 32.0 Å². The molecule has 2 aromatic rings. The number of hydrogen-bond donors (Lipinski definition) is 2. The topological polar surface area (TPSA) is 50.4 Å². The third kappa shape index (κ3) is 4.95. The molecule has 0 radical (unpaired) electrons. The van der Waals surface area contributed by atoms with Crippen LogP contribution in [-0.2, 0) is 4.79 Å². The van der Waals surface area contributed by atoms with E-state index in [1.54, 1.807) is 18.2 Å². The largest absolute Gasteiger partial charge is 0.433 e. The third-order valence-electron chi connectivity index (χ3n) is 3.20.